The molecule has 0 heterocycles. The molecule has 1 aromatic carbocycles. The third-order valence-corrected chi connectivity index (χ3v) is 1.57. The molecule has 1 rings (SSSR count). The van der Waals surface area contributed by atoms with E-state index in [0.29, 0.717) is 0 Å². The van der Waals surface area contributed by atoms with Gasteiger partial charge in [0.25, 0.3) is 0 Å². The maximum Gasteiger partial charge on any atom is 0.0885 e. The lowest BCUT2D eigenvalue weighted by Gasteiger charge is -2.01. The Hall–Kier alpha value is -1.44. The summed E-state index contributed by atoms with van der Waals surface area (Å²) in [5, 5.41) is 0. The van der Waals surface area contributed by atoms with Gasteiger partial charge in [-0.1, -0.05) is 12.1 Å². The Kier molecular flexibility index (Phi) is 3.57. The van der Waals surface area contributed by atoms with Crippen molar-refractivity contribution in [3.63, 3.8) is 0 Å². The molecule has 74 valence electrons. The van der Waals surface area contributed by atoms with Gasteiger partial charge in [0.05, 0.1) is 11.4 Å². The van der Waals surface area contributed by atoms with E-state index in [1.165, 1.54) is 0 Å². The van der Waals surface area contributed by atoms with Crippen LogP contribution in [0.5, 0.6) is 0 Å². The van der Waals surface area contributed by atoms with Crippen molar-refractivity contribution in [2.24, 2.45) is 9.98 Å². The van der Waals surface area contributed by atoms with Crippen LogP contribution in [0.4, 0.5) is 11.4 Å². The van der Waals surface area contributed by atoms with Crippen LogP contribution in [0.3, 0.4) is 0 Å². The highest BCUT2D eigenvalue weighted by Crippen LogP contribution is 2.27. The van der Waals surface area contributed by atoms with Crippen LogP contribution in [-0.4, -0.2) is 11.4 Å². The second-order valence-corrected chi connectivity index (χ2v) is 3.61. The molecular formula is C12H16N2. The number of hydrogen-bond donors (Lipinski definition) is 0. The Bertz CT molecular complexity index is 331. The third-order valence-electron chi connectivity index (χ3n) is 1.57. The van der Waals surface area contributed by atoms with E-state index in [1.807, 2.05) is 52.0 Å². The van der Waals surface area contributed by atoms with Crippen LogP contribution in [-0.2, 0) is 0 Å². The zero-order chi connectivity index (χ0) is 10.6. The molecule has 0 spiro atoms. The second kappa shape index (κ2) is 4.70. The second-order valence-electron chi connectivity index (χ2n) is 3.61. The average molecular weight is 188 g/mol. The molecule has 0 atom stereocenters. The fraction of sp³-hybridized carbons (Fsp3) is 0.333. The smallest absolute Gasteiger partial charge is 0.0885 e. The van der Waals surface area contributed by atoms with E-state index in [-0.39, 0.29) is 0 Å². The minimum Gasteiger partial charge on any atom is -0.256 e. The normalized spacial score (nSPS) is 9.43. The van der Waals surface area contributed by atoms with Crippen LogP contribution < -0.4 is 0 Å². The van der Waals surface area contributed by atoms with Gasteiger partial charge in [0.2, 0.25) is 0 Å². The lowest BCUT2D eigenvalue weighted by Crippen LogP contribution is -1.81. The first-order chi connectivity index (χ1) is 6.59. The van der Waals surface area contributed by atoms with Gasteiger partial charge in [0.1, 0.15) is 0 Å². The molecule has 2 heteroatoms. The van der Waals surface area contributed by atoms with Gasteiger partial charge in [-0.3, -0.25) is 9.98 Å². The van der Waals surface area contributed by atoms with Crippen LogP contribution in [0.1, 0.15) is 27.7 Å². The highest BCUT2D eigenvalue weighted by atomic mass is 14.8. The van der Waals surface area contributed by atoms with Crippen molar-refractivity contribution < 1.29 is 0 Å². The van der Waals surface area contributed by atoms with Gasteiger partial charge in [-0.05, 0) is 39.8 Å². The molecule has 2 nitrogen and oxygen atoms in total. The van der Waals surface area contributed by atoms with E-state index in [9.17, 15) is 0 Å². The number of aliphatic imine (C=N–C) groups is 2. The fourth-order valence-electron chi connectivity index (χ4n) is 1.14. The summed E-state index contributed by atoms with van der Waals surface area (Å²) in [6.07, 6.45) is 0. The summed E-state index contributed by atoms with van der Waals surface area (Å²) in [5.74, 6) is 0. The summed E-state index contributed by atoms with van der Waals surface area (Å²) in [5.41, 5.74) is 3.96. The standard InChI is InChI=1S/C12H16N2/c1-9(2)13-11-7-5-6-8-12(11)14-10(3)4/h5-8H,1-4H3. The monoisotopic (exact) mass is 188 g/mol. The molecule has 0 saturated heterocycles. The molecule has 0 N–H and O–H groups in total. The number of rotatable bonds is 2. The first-order valence-electron chi connectivity index (χ1n) is 4.72. The van der Waals surface area contributed by atoms with Gasteiger partial charge < -0.3 is 0 Å². The molecule has 0 aliphatic rings. The van der Waals surface area contributed by atoms with E-state index in [2.05, 4.69) is 9.98 Å². The van der Waals surface area contributed by atoms with Crippen molar-refractivity contribution in [2.45, 2.75) is 27.7 Å². The number of para-hydroxylation sites is 2. The van der Waals surface area contributed by atoms with Crippen LogP contribution in [0, 0.1) is 0 Å². The lowest BCUT2D eigenvalue weighted by molar-refractivity contribution is 1.41. The largest absolute Gasteiger partial charge is 0.256 e. The Labute approximate surface area is 85.4 Å². The van der Waals surface area contributed by atoms with Crippen LogP contribution in [0.2, 0.25) is 0 Å². The van der Waals surface area contributed by atoms with E-state index in [0.717, 1.165) is 22.8 Å². The van der Waals surface area contributed by atoms with Gasteiger partial charge in [-0.25, -0.2) is 0 Å². The Morgan fingerprint density at radius 1 is 0.786 bits per heavy atom. The molecule has 0 amide bonds. The van der Waals surface area contributed by atoms with Crippen molar-refractivity contribution in [1.29, 1.82) is 0 Å². The molecule has 0 aliphatic heterocycles. The van der Waals surface area contributed by atoms with E-state index >= 15 is 0 Å². The van der Waals surface area contributed by atoms with E-state index in [1.54, 1.807) is 0 Å². The van der Waals surface area contributed by atoms with Crippen LogP contribution in [0.25, 0.3) is 0 Å². The molecule has 0 fully saturated rings. The molecule has 0 saturated carbocycles. The first-order valence-corrected chi connectivity index (χ1v) is 4.72. The van der Waals surface area contributed by atoms with Gasteiger partial charge in [-0.2, -0.15) is 0 Å². The number of nitrogens with zero attached hydrogens (tertiary/aromatic N) is 2. The van der Waals surface area contributed by atoms with Crippen molar-refractivity contribution in [3.05, 3.63) is 24.3 Å². The van der Waals surface area contributed by atoms with Crippen molar-refractivity contribution in [3.8, 4) is 0 Å². The third kappa shape index (κ3) is 3.13. The van der Waals surface area contributed by atoms with Crippen molar-refractivity contribution in [1.82, 2.24) is 0 Å². The van der Waals surface area contributed by atoms with Gasteiger partial charge in [0, 0.05) is 11.4 Å². The molecule has 0 unspecified atom stereocenters. The maximum absolute atomic E-state index is 4.42. The number of hydrogen-bond acceptors (Lipinski definition) is 2. The maximum atomic E-state index is 4.42. The van der Waals surface area contributed by atoms with Gasteiger partial charge >= 0.3 is 0 Å². The predicted octanol–water partition coefficient (Wildman–Crippen LogP) is 3.91. The SMILES string of the molecule is CC(C)=Nc1ccccc1N=C(C)C. The van der Waals surface area contributed by atoms with Crippen molar-refractivity contribution >= 4 is 22.8 Å². The van der Waals surface area contributed by atoms with Crippen LogP contribution >= 0.6 is 0 Å². The molecule has 0 radical (unpaired) electrons. The predicted molar refractivity (Wildman–Crippen MR) is 63.3 cm³/mol. The fourth-order valence-corrected chi connectivity index (χ4v) is 1.14. The van der Waals surface area contributed by atoms with Gasteiger partial charge in [0.15, 0.2) is 0 Å². The summed E-state index contributed by atoms with van der Waals surface area (Å²) in [6, 6.07) is 7.92. The van der Waals surface area contributed by atoms with Gasteiger partial charge in [-0.15, -0.1) is 0 Å². The Balaban J connectivity index is 3.16. The zero-order valence-electron chi connectivity index (χ0n) is 9.20. The van der Waals surface area contributed by atoms with E-state index < -0.39 is 0 Å². The molecular weight excluding hydrogens is 172 g/mol. The average Bonchev–Trinajstić information content (AvgIpc) is 2.06. The minimum atomic E-state index is 0.939. The molecule has 14 heavy (non-hydrogen) atoms. The quantitative estimate of drug-likeness (QED) is 0.629. The minimum absolute atomic E-state index is 0.939. The molecule has 0 aromatic heterocycles. The summed E-state index contributed by atoms with van der Waals surface area (Å²) in [7, 11) is 0. The number of benzene rings is 1. The summed E-state index contributed by atoms with van der Waals surface area (Å²) in [4.78, 5) is 8.84. The topological polar surface area (TPSA) is 24.7 Å². The highest BCUT2D eigenvalue weighted by molar-refractivity contribution is 5.87. The Morgan fingerprint density at radius 3 is 1.43 bits per heavy atom. The lowest BCUT2D eigenvalue weighted by atomic mass is 10.2. The molecule has 0 bridgehead atoms. The Morgan fingerprint density at radius 2 is 1.14 bits per heavy atom. The summed E-state index contributed by atoms with van der Waals surface area (Å²) in [6.45, 7) is 7.94. The highest BCUT2D eigenvalue weighted by Gasteiger charge is 1.97. The van der Waals surface area contributed by atoms with Crippen LogP contribution in [0.15, 0.2) is 34.3 Å². The molecule has 1 aromatic rings. The summed E-state index contributed by atoms with van der Waals surface area (Å²) < 4.78 is 0. The first kappa shape index (κ1) is 10.6. The van der Waals surface area contributed by atoms with E-state index in [4.69, 9.17) is 0 Å². The zero-order valence-corrected chi connectivity index (χ0v) is 9.20. The molecule has 0 aliphatic carbocycles. The summed E-state index contributed by atoms with van der Waals surface area (Å²) >= 11 is 0. The van der Waals surface area contributed by atoms with Crippen molar-refractivity contribution in [2.75, 3.05) is 0 Å².